The van der Waals surface area contributed by atoms with Gasteiger partial charge in [-0.05, 0) is 69.4 Å². The average Bonchev–Trinajstić information content (AvgIpc) is 3.26. The smallest absolute Gasteiger partial charge is 0.261 e. The van der Waals surface area contributed by atoms with Crippen LogP contribution in [0.25, 0.3) is 0 Å². The zero-order chi connectivity index (χ0) is 23.3. The van der Waals surface area contributed by atoms with Crippen LogP contribution in [0.15, 0.2) is 40.9 Å². The lowest BCUT2D eigenvalue weighted by Gasteiger charge is -2.30. The highest BCUT2D eigenvalue weighted by molar-refractivity contribution is 9.10. The third kappa shape index (κ3) is 6.35. The second kappa shape index (κ2) is 11.0. The average molecular weight is 501 g/mol. The van der Waals surface area contributed by atoms with Crippen molar-refractivity contribution in [3.63, 3.8) is 0 Å². The van der Waals surface area contributed by atoms with Crippen molar-refractivity contribution >= 4 is 27.7 Å². The summed E-state index contributed by atoms with van der Waals surface area (Å²) in [6.45, 7) is 8.05. The number of nitrogens with one attached hydrogen (secondary N) is 1. The van der Waals surface area contributed by atoms with E-state index in [0.717, 1.165) is 52.4 Å². The minimum atomic E-state index is -0.583. The van der Waals surface area contributed by atoms with Gasteiger partial charge in [-0.15, -0.1) is 0 Å². The largest absolute Gasteiger partial charge is 0.484 e. The van der Waals surface area contributed by atoms with Gasteiger partial charge in [-0.25, -0.2) is 0 Å². The number of benzene rings is 2. The lowest BCUT2D eigenvalue weighted by molar-refractivity contribution is -0.142. The molecule has 0 aromatic heterocycles. The maximum absolute atomic E-state index is 13.2. The number of aryl methyl sites for hydroxylation is 3. The van der Waals surface area contributed by atoms with Crippen LogP contribution in [-0.2, 0) is 16.1 Å². The molecule has 6 heteroatoms. The summed E-state index contributed by atoms with van der Waals surface area (Å²) in [5, 5.41) is 3.13. The quantitative estimate of drug-likeness (QED) is 0.539. The third-order valence-corrected chi connectivity index (χ3v) is 7.33. The highest BCUT2D eigenvalue weighted by Gasteiger charge is 2.28. The molecular formula is C26H33BrN2O3. The van der Waals surface area contributed by atoms with E-state index in [9.17, 15) is 9.59 Å². The molecule has 0 aliphatic heterocycles. The Morgan fingerprint density at radius 3 is 2.41 bits per heavy atom. The van der Waals surface area contributed by atoms with Crippen molar-refractivity contribution < 1.29 is 14.3 Å². The van der Waals surface area contributed by atoms with E-state index >= 15 is 0 Å². The van der Waals surface area contributed by atoms with E-state index in [1.54, 1.807) is 11.8 Å². The van der Waals surface area contributed by atoms with Crippen LogP contribution < -0.4 is 10.1 Å². The van der Waals surface area contributed by atoms with Crippen molar-refractivity contribution in [2.24, 2.45) is 0 Å². The second-order valence-electron chi connectivity index (χ2n) is 8.84. The predicted molar refractivity (Wildman–Crippen MR) is 131 cm³/mol. The van der Waals surface area contributed by atoms with E-state index in [-0.39, 0.29) is 24.5 Å². The first-order valence-electron chi connectivity index (χ1n) is 11.3. The summed E-state index contributed by atoms with van der Waals surface area (Å²) in [5.41, 5.74) is 4.21. The Labute approximate surface area is 199 Å². The molecule has 32 heavy (non-hydrogen) atoms. The summed E-state index contributed by atoms with van der Waals surface area (Å²) in [6, 6.07) is 11.5. The first-order chi connectivity index (χ1) is 15.2. The van der Waals surface area contributed by atoms with E-state index in [4.69, 9.17) is 4.74 Å². The molecule has 5 nitrogen and oxygen atoms in total. The van der Waals surface area contributed by atoms with E-state index in [1.165, 1.54) is 0 Å². The molecule has 1 saturated carbocycles. The molecule has 1 N–H and O–H groups in total. The molecule has 1 aliphatic rings. The lowest BCUT2D eigenvalue weighted by Crippen LogP contribution is -2.50. The van der Waals surface area contributed by atoms with Gasteiger partial charge < -0.3 is 15.0 Å². The molecule has 3 rings (SSSR count). The van der Waals surface area contributed by atoms with E-state index in [1.807, 2.05) is 57.2 Å². The van der Waals surface area contributed by atoms with Crippen molar-refractivity contribution in [2.75, 3.05) is 6.61 Å². The van der Waals surface area contributed by atoms with E-state index in [0.29, 0.717) is 12.3 Å². The molecule has 1 aliphatic carbocycles. The number of nitrogens with zero attached hydrogens (tertiary/aromatic N) is 1. The summed E-state index contributed by atoms with van der Waals surface area (Å²) < 4.78 is 6.88. The second-order valence-corrected chi connectivity index (χ2v) is 9.63. The summed E-state index contributed by atoms with van der Waals surface area (Å²) in [5.74, 6) is 0.335. The zero-order valence-electron chi connectivity index (χ0n) is 19.4. The number of hydrogen-bond donors (Lipinski definition) is 1. The number of carbonyl (C=O) groups excluding carboxylic acids is 2. The first-order valence-corrected chi connectivity index (χ1v) is 12.1. The van der Waals surface area contributed by atoms with E-state index < -0.39 is 6.04 Å². The molecule has 2 amide bonds. The van der Waals surface area contributed by atoms with Gasteiger partial charge in [0, 0.05) is 17.1 Å². The van der Waals surface area contributed by atoms with Crippen molar-refractivity contribution in [3.8, 4) is 5.75 Å². The van der Waals surface area contributed by atoms with Gasteiger partial charge in [-0.3, -0.25) is 9.59 Å². The molecule has 0 heterocycles. The molecule has 1 fully saturated rings. The molecule has 172 valence electrons. The van der Waals surface area contributed by atoms with Gasteiger partial charge in [-0.1, -0.05) is 58.6 Å². The van der Waals surface area contributed by atoms with Crippen LogP contribution >= 0.6 is 15.9 Å². The van der Waals surface area contributed by atoms with Crippen molar-refractivity contribution in [2.45, 2.75) is 72.0 Å². The molecule has 0 radical (unpaired) electrons. The summed E-state index contributed by atoms with van der Waals surface area (Å²) in [7, 11) is 0. The third-order valence-electron chi connectivity index (χ3n) is 6.08. The van der Waals surface area contributed by atoms with Crippen molar-refractivity contribution in [3.05, 3.63) is 63.1 Å². The number of ether oxygens (including phenoxy) is 1. The van der Waals surface area contributed by atoms with Gasteiger partial charge in [-0.2, -0.15) is 0 Å². The minimum absolute atomic E-state index is 0.103. The molecule has 2 aromatic rings. The van der Waals surface area contributed by atoms with Gasteiger partial charge in [0.1, 0.15) is 11.8 Å². The number of halogens is 1. The fourth-order valence-corrected chi connectivity index (χ4v) is 4.43. The van der Waals surface area contributed by atoms with Crippen molar-refractivity contribution in [1.29, 1.82) is 0 Å². The zero-order valence-corrected chi connectivity index (χ0v) is 21.0. The highest BCUT2D eigenvalue weighted by Crippen LogP contribution is 2.26. The SMILES string of the molecule is Cc1cccc(CN(C(=O)COc2cc(C)c(Br)c(C)c2)[C@H](C)C(=O)NC2CCCC2)c1. The lowest BCUT2D eigenvalue weighted by atomic mass is 10.1. The Morgan fingerprint density at radius 1 is 1.12 bits per heavy atom. The van der Waals surface area contributed by atoms with Crippen LogP contribution in [-0.4, -0.2) is 35.4 Å². The normalized spacial score (nSPS) is 14.8. The Hall–Kier alpha value is -2.34. The molecular weight excluding hydrogens is 468 g/mol. The molecule has 2 aromatic carbocycles. The highest BCUT2D eigenvalue weighted by atomic mass is 79.9. The molecule has 0 spiro atoms. The van der Waals surface area contributed by atoms with Crippen LogP contribution in [0.3, 0.4) is 0 Å². The Kier molecular flexibility index (Phi) is 8.35. The van der Waals surface area contributed by atoms with Crippen molar-refractivity contribution in [1.82, 2.24) is 10.2 Å². The first kappa shape index (κ1) is 24.3. The van der Waals surface area contributed by atoms with Gasteiger partial charge in [0.15, 0.2) is 6.61 Å². The molecule has 0 bridgehead atoms. The molecule has 0 saturated heterocycles. The number of hydrogen-bond acceptors (Lipinski definition) is 3. The van der Waals surface area contributed by atoms with E-state index in [2.05, 4.69) is 21.2 Å². The summed E-state index contributed by atoms with van der Waals surface area (Å²) in [6.07, 6.45) is 4.31. The maximum atomic E-state index is 13.2. The van der Waals surface area contributed by atoms with Crippen LogP contribution in [0.2, 0.25) is 0 Å². The fraction of sp³-hybridized carbons (Fsp3) is 0.462. The number of carbonyl (C=O) groups is 2. The topological polar surface area (TPSA) is 58.6 Å². The monoisotopic (exact) mass is 500 g/mol. The standard InChI is InChI=1S/C26H33BrN2O3/c1-17-8-7-9-21(12-17)15-29(20(4)26(31)28-22-10-5-6-11-22)24(30)16-32-23-13-18(2)25(27)19(3)14-23/h7-9,12-14,20,22H,5-6,10-11,15-16H2,1-4H3,(H,28,31)/t20-/m1/s1. The molecule has 1 atom stereocenters. The Bertz CT molecular complexity index is 946. The van der Waals surface area contributed by atoms with Gasteiger partial charge in [0.05, 0.1) is 0 Å². The van der Waals surface area contributed by atoms with Crippen LogP contribution in [0.5, 0.6) is 5.75 Å². The van der Waals surface area contributed by atoms with Crippen LogP contribution in [0.4, 0.5) is 0 Å². The summed E-state index contributed by atoms with van der Waals surface area (Å²) in [4.78, 5) is 27.8. The minimum Gasteiger partial charge on any atom is -0.484 e. The summed E-state index contributed by atoms with van der Waals surface area (Å²) >= 11 is 3.55. The van der Waals surface area contributed by atoms with Crippen LogP contribution in [0.1, 0.15) is 54.9 Å². The Balaban J connectivity index is 1.74. The number of amides is 2. The fourth-order valence-electron chi connectivity index (χ4n) is 4.20. The maximum Gasteiger partial charge on any atom is 0.261 e. The van der Waals surface area contributed by atoms with Gasteiger partial charge in [0.2, 0.25) is 5.91 Å². The Morgan fingerprint density at radius 2 is 1.78 bits per heavy atom. The van der Waals surface area contributed by atoms with Gasteiger partial charge >= 0.3 is 0 Å². The molecule has 0 unspecified atom stereocenters. The van der Waals surface area contributed by atoms with Crippen LogP contribution in [0, 0.1) is 20.8 Å². The predicted octanol–water partition coefficient (Wildman–Crippen LogP) is 5.23. The van der Waals surface area contributed by atoms with Gasteiger partial charge in [0.25, 0.3) is 5.91 Å². The number of rotatable bonds is 8.